The van der Waals surface area contributed by atoms with Gasteiger partial charge in [-0.25, -0.2) is 9.63 Å². The number of benzene rings is 3. The molecule has 1 N–H and O–H groups in total. The predicted octanol–water partition coefficient (Wildman–Crippen LogP) is 4.11. The van der Waals surface area contributed by atoms with E-state index in [4.69, 9.17) is 4.74 Å². The number of methoxy groups -OCH3 is 1. The third-order valence-corrected chi connectivity index (χ3v) is 5.96. The molecule has 0 amide bonds. The highest BCUT2D eigenvalue weighted by molar-refractivity contribution is 7.89. The van der Waals surface area contributed by atoms with E-state index in [1.54, 1.807) is 24.3 Å². The van der Waals surface area contributed by atoms with Gasteiger partial charge in [-0.15, -0.1) is 0 Å². The molecule has 3 aromatic carbocycles. The molecular weight excluding hydrogens is 424 g/mol. The minimum atomic E-state index is -3.78. The van der Waals surface area contributed by atoms with Gasteiger partial charge in [0.25, 0.3) is 10.0 Å². The third kappa shape index (κ3) is 6.15. The topological polar surface area (TPSA) is 84.8 Å². The van der Waals surface area contributed by atoms with Crippen molar-refractivity contribution in [3.8, 4) is 0 Å². The summed E-state index contributed by atoms with van der Waals surface area (Å²) in [6.45, 7) is 1.88. The molecule has 0 aliphatic rings. The van der Waals surface area contributed by atoms with Crippen LogP contribution in [-0.4, -0.2) is 27.7 Å². The molecule has 3 aromatic rings. The second kappa shape index (κ2) is 10.5. The van der Waals surface area contributed by atoms with Crippen molar-refractivity contribution in [1.82, 2.24) is 4.83 Å². The molecule has 3 rings (SSSR count). The van der Waals surface area contributed by atoms with Crippen molar-refractivity contribution in [2.45, 2.75) is 18.2 Å². The Hall–Kier alpha value is -3.71. The quantitative estimate of drug-likeness (QED) is 0.243. The molecule has 32 heavy (non-hydrogen) atoms. The highest BCUT2D eigenvalue weighted by Gasteiger charge is 2.13. The fraction of sp³-hybridized carbons (Fsp3) is 0.120. The van der Waals surface area contributed by atoms with Crippen LogP contribution in [0.4, 0.5) is 0 Å². The van der Waals surface area contributed by atoms with Gasteiger partial charge in [-0.2, -0.15) is 13.5 Å². The lowest BCUT2D eigenvalue weighted by molar-refractivity contribution is -0.136. The van der Waals surface area contributed by atoms with Gasteiger partial charge < -0.3 is 4.74 Å². The molecule has 0 unspecified atom stereocenters. The SMILES string of the molecule is COC(=O)/C(=C/c1ccccc1/C=N/NS(=O)(=O)c1ccc(C)cc1)Cc1ccccc1. The van der Waals surface area contributed by atoms with Crippen LogP contribution >= 0.6 is 0 Å². The predicted molar refractivity (Wildman–Crippen MR) is 126 cm³/mol. The lowest BCUT2D eigenvalue weighted by Gasteiger charge is -2.08. The Morgan fingerprint density at radius 3 is 2.22 bits per heavy atom. The summed E-state index contributed by atoms with van der Waals surface area (Å²) in [4.78, 5) is 14.7. The smallest absolute Gasteiger partial charge is 0.334 e. The van der Waals surface area contributed by atoms with Gasteiger partial charge >= 0.3 is 5.97 Å². The van der Waals surface area contributed by atoms with Gasteiger partial charge in [-0.1, -0.05) is 72.3 Å². The van der Waals surface area contributed by atoms with E-state index in [-0.39, 0.29) is 4.90 Å². The van der Waals surface area contributed by atoms with Gasteiger partial charge in [-0.3, -0.25) is 0 Å². The van der Waals surface area contributed by atoms with Crippen LogP contribution in [0, 0.1) is 6.92 Å². The van der Waals surface area contributed by atoms with E-state index in [1.807, 2.05) is 55.5 Å². The fourth-order valence-electron chi connectivity index (χ4n) is 3.01. The molecule has 164 valence electrons. The van der Waals surface area contributed by atoms with Crippen LogP contribution in [0.25, 0.3) is 6.08 Å². The molecule has 0 saturated carbocycles. The molecule has 0 fully saturated rings. The summed E-state index contributed by atoms with van der Waals surface area (Å²) in [5.74, 6) is -0.430. The normalized spacial score (nSPS) is 12.0. The molecule has 0 heterocycles. The summed E-state index contributed by atoms with van der Waals surface area (Å²) in [6, 6.07) is 23.3. The maximum absolute atomic E-state index is 12.4. The number of esters is 1. The van der Waals surface area contributed by atoms with Crippen LogP contribution in [0.15, 0.2) is 94.4 Å². The molecule has 0 aromatic heterocycles. The lowest BCUT2D eigenvalue weighted by atomic mass is 10.0. The van der Waals surface area contributed by atoms with E-state index in [9.17, 15) is 13.2 Å². The van der Waals surface area contributed by atoms with E-state index in [0.29, 0.717) is 23.1 Å². The minimum absolute atomic E-state index is 0.129. The molecule has 0 atom stereocenters. The van der Waals surface area contributed by atoms with Crippen molar-refractivity contribution in [2.75, 3.05) is 7.11 Å². The van der Waals surface area contributed by atoms with Crippen LogP contribution in [0.5, 0.6) is 0 Å². The maximum atomic E-state index is 12.4. The Morgan fingerprint density at radius 2 is 1.56 bits per heavy atom. The van der Waals surface area contributed by atoms with Gasteiger partial charge in [-0.05, 0) is 36.3 Å². The number of ether oxygens (including phenoxy) is 1. The molecule has 0 bridgehead atoms. The number of rotatable bonds is 8. The Morgan fingerprint density at radius 1 is 0.938 bits per heavy atom. The van der Waals surface area contributed by atoms with Crippen LogP contribution in [-0.2, 0) is 26.0 Å². The number of hydrogen-bond donors (Lipinski definition) is 1. The summed E-state index contributed by atoms with van der Waals surface area (Å²) in [5, 5.41) is 3.92. The van der Waals surface area contributed by atoms with E-state index < -0.39 is 16.0 Å². The molecule has 0 radical (unpaired) electrons. The van der Waals surface area contributed by atoms with E-state index >= 15 is 0 Å². The molecular formula is C25H24N2O4S. The van der Waals surface area contributed by atoms with E-state index in [1.165, 1.54) is 25.5 Å². The second-order valence-corrected chi connectivity index (χ2v) is 8.78. The van der Waals surface area contributed by atoms with Crippen LogP contribution in [0.2, 0.25) is 0 Å². The molecule has 7 heteroatoms. The highest BCUT2D eigenvalue weighted by atomic mass is 32.2. The van der Waals surface area contributed by atoms with Crippen molar-refractivity contribution in [1.29, 1.82) is 0 Å². The molecule has 0 spiro atoms. The highest BCUT2D eigenvalue weighted by Crippen LogP contribution is 2.17. The molecule has 0 aliphatic carbocycles. The maximum Gasteiger partial charge on any atom is 0.334 e. The first-order valence-corrected chi connectivity index (χ1v) is 11.4. The Balaban J connectivity index is 1.85. The van der Waals surface area contributed by atoms with E-state index in [2.05, 4.69) is 9.93 Å². The third-order valence-electron chi connectivity index (χ3n) is 4.72. The standard InChI is InChI=1S/C25H24N2O4S/c1-19-12-14-24(15-13-19)32(29,30)27-26-18-22-11-7-6-10-21(22)17-23(25(28)31-2)16-20-8-4-3-5-9-20/h3-15,17-18,27H,16H2,1-2H3/b23-17+,26-18+. The molecule has 0 saturated heterocycles. The van der Waals surface area contributed by atoms with Crippen molar-refractivity contribution in [2.24, 2.45) is 5.10 Å². The first-order chi connectivity index (χ1) is 15.4. The average molecular weight is 449 g/mol. The number of hydrogen-bond acceptors (Lipinski definition) is 5. The van der Waals surface area contributed by atoms with Gasteiger partial charge in [0.2, 0.25) is 0 Å². The molecule has 0 aliphatic heterocycles. The zero-order valence-corrected chi connectivity index (χ0v) is 18.7. The first kappa shape index (κ1) is 23.0. The summed E-state index contributed by atoms with van der Waals surface area (Å²) < 4.78 is 29.8. The summed E-state index contributed by atoms with van der Waals surface area (Å²) in [6.07, 6.45) is 3.54. The number of carbonyl (C=O) groups is 1. The largest absolute Gasteiger partial charge is 0.466 e. The van der Waals surface area contributed by atoms with Gasteiger partial charge in [0.15, 0.2) is 0 Å². The van der Waals surface area contributed by atoms with Crippen LogP contribution in [0.3, 0.4) is 0 Å². The molecule has 6 nitrogen and oxygen atoms in total. The van der Waals surface area contributed by atoms with Crippen molar-refractivity contribution < 1.29 is 17.9 Å². The summed E-state index contributed by atoms with van der Waals surface area (Å²) in [5.41, 5.74) is 3.77. The van der Waals surface area contributed by atoms with E-state index in [0.717, 1.165) is 11.1 Å². The second-order valence-electron chi connectivity index (χ2n) is 7.12. The average Bonchev–Trinajstić information content (AvgIpc) is 2.80. The van der Waals surface area contributed by atoms with Gasteiger partial charge in [0, 0.05) is 17.6 Å². The summed E-state index contributed by atoms with van der Waals surface area (Å²) >= 11 is 0. The number of carbonyl (C=O) groups excluding carboxylic acids is 1. The van der Waals surface area contributed by atoms with Crippen molar-refractivity contribution in [3.05, 3.63) is 107 Å². The monoisotopic (exact) mass is 448 g/mol. The lowest BCUT2D eigenvalue weighted by Crippen LogP contribution is -2.18. The van der Waals surface area contributed by atoms with Gasteiger partial charge in [0.1, 0.15) is 0 Å². The Labute approximate surface area is 188 Å². The number of nitrogens with one attached hydrogen (secondary N) is 1. The number of hydrazone groups is 1. The van der Waals surface area contributed by atoms with Crippen molar-refractivity contribution in [3.63, 3.8) is 0 Å². The van der Waals surface area contributed by atoms with Crippen LogP contribution in [0.1, 0.15) is 22.3 Å². The minimum Gasteiger partial charge on any atom is -0.466 e. The Bertz CT molecular complexity index is 1230. The van der Waals surface area contributed by atoms with Crippen LogP contribution < -0.4 is 4.83 Å². The Kier molecular flexibility index (Phi) is 7.57. The zero-order valence-electron chi connectivity index (χ0n) is 17.9. The number of aryl methyl sites for hydroxylation is 1. The zero-order chi connectivity index (χ0) is 23.0. The number of sulfonamides is 1. The van der Waals surface area contributed by atoms with Crippen molar-refractivity contribution >= 4 is 28.3 Å². The first-order valence-electron chi connectivity index (χ1n) is 9.92. The summed E-state index contributed by atoms with van der Waals surface area (Å²) in [7, 11) is -2.44. The van der Waals surface area contributed by atoms with Gasteiger partial charge in [0.05, 0.1) is 18.2 Å². The fourth-order valence-corrected chi connectivity index (χ4v) is 3.80. The number of nitrogens with zero attached hydrogens (tertiary/aromatic N) is 1.